The molecule has 0 aliphatic carbocycles. The summed E-state index contributed by atoms with van der Waals surface area (Å²) in [7, 11) is 0. The number of amides is 1. The lowest BCUT2D eigenvalue weighted by Gasteiger charge is -2.37. The van der Waals surface area contributed by atoms with Gasteiger partial charge in [0.05, 0.1) is 5.70 Å². The number of aromatic nitrogens is 2. The minimum absolute atomic E-state index is 0.0623. The van der Waals surface area contributed by atoms with Gasteiger partial charge in [0.25, 0.3) is 5.91 Å². The van der Waals surface area contributed by atoms with Crippen LogP contribution in [-0.2, 0) is 0 Å². The Morgan fingerprint density at radius 3 is 2.39 bits per heavy atom. The molecule has 0 spiro atoms. The molecule has 1 saturated heterocycles. The predicted octanol–water partition coefficient (Wildman–Crippen LogP) is 5.12. The molecule has 2 aromatic heterocycles. The maximum absolute atomic E-state index is 13.0. The first kappa shape index (κ1) is 27.2. The highest BCUT2D eigenvalue weighted by Crippen LogP contribution is 2.26. The monoisotopic (exact) mass is 528 g/mol. The van der Waals surface area contributed by atoms with E-state index in [1.54, 1.807) is 24.5 Å². The largest absolute Gasteiger partial charge is 0.382 e. The maximum Gasteiger partial charge on any atom is 0.253 e. The molecule has 0 unspecified atom stereocenters. The highest BCUT2D eigenvalue weighted by Gasteiger charge is 2.23. The van der Waals surface area contributed by atoms with Gasteiger partial charge < -0.3 is 10.6 Å². The van der Waals surface area contributed by atoms with Gasteiger partial charge in [0.1, 0.15) is 11.5 Å². The molecule has 0 atom stereocenters. The number of allylic oxidation sites excluding steroid dienone is 2. The molecule has 38 heavy (non-hydrogen) atoms. The summed E-state index contributed by atoms with van der Waals surface area (Å²) in [5, 5.41) is 0.316. The molecule has 196 valence electrons. The van der Waals surface area contributed by atoms with E-state index in [1.165, 1.54) is 0 Å². The molecule has 0 saturated carbocycles. The molecule has 8 heteroatoms. The van der Waals surface area contributed by atoms with Crippen LogP contribution in [0.15, 0.2) is 83.6 Å². The smallest absolute Gasteiger partial charge is 0.253 e. The summed E-state index contributed by atoms with van der Waals surface area (Å²) in [6.07, 6.45) is 5.11. The summed E-state index contributed by atoms with van der Waals surface area (Å²) >= 11 is 6.11. The quantitative estimate of drug-likeness (QED) is 0.261. The molecule has 0 radical (unpaired) electrons. The summed E-state index contributed by atoms with van der Waals surface area (Å²) in [5.74, 6) is 0.326. The van der Waals surface area contributed by atoms with Crippen molar-refractivity contribution in [3.05, 3.63) is 101 Å². The van der Waals surface area contributed by atoms with Crippen molar-refractivity contribution in [2.75, 3.05) is 26.2 Å². The van der Waals surface area contributed by atoms with Crippen LogP contribution in [0.25, 0.3) is 16.8 Å². The molecule has 1 aliphatic rings. The number of nitrogens with two attached hydrogens (primary N) is 1. The van der Waals surface area contributed by atoms with Crippen LogP contribution in [0.3, 0.4) is 0 Å². The Hall–Kier alpha value is -3.81. The number of rotatable bonds is 7. The van der Waals surface area contributed by atoms with Crippen molar-refractivity contribution < 1.29 is 4.79 Å². The number of pyridine rings is 2. The van der Waals surface area contributed by atoms with Gasteiger partial charge in [-0.1, -0.05) is 36.4 Å². The lowest BCUT2D eigenvalue weighted by atomic mass is 10.0. The van der Waals surface area contributed by atoms with Gasteiger partial charge >= 0.3 is 0 Å². The number of hydrogen-bond donors (Lipinski definition) is 1. The number of piperazine rings is 1. The number of carbonyl (C=O) groups excluding carboxylic acids is 1. The normalized spacial score (nSPS) is 15.1. The molecule has 1 aromatic carbocycles. The third kappa shape index (κ3) is 6.73. The number of nitrogens with zero attached hydrogens (tertiary/aromatic N) is 5. The Labute approximate surface area is 229 Å². The van der Waals surface area contributed by atoms with Crippen LogP contribution < -0.4 is 5.73 Å². The molecular weight excluding hydrogens is 496 g/mol. The van der Waals surface area contributed by atoms with Crippen LogP contribution in [0, 0.1) is 6.92 Å². The number of hydrogen-bond acceptors (Lipinski definition) is 5. The molecule has 2 N–H and O–H groups in total. The minimum Gasteiger partial charge on any atom is -0.382 e. The SMILES string of the molecule is C=C(Cl)/C=C(\N=C(/N)c1cccc(C)n1)c1cncc(-c2ccc(C(=O)N3CCN(C(C)C)CC3)cc2)c1. The van der Waals surface area contributed by atoms with Crippen molar-refractivity contribution in [1.82, 2.24) is 19.8 Å². The molecule has 3 heterocycles. The summed E-state index contributed by atoms with van der Waals surface area (Å²) in [6.45, 7) is 13.3. The van der Waals surface area contributed by atoms with Crippen molar-refractivity contribution >= 4 is 29.0 Å². The van der Waals surface area contributed by atoms with Gasteiger partial charge in [0.2, 0.25) is 0 Å². The highest BCUT2D eigenvalue weighted by atomic mass is 35.5. The topological polar surface area (TPSA) is 87.7 Å². The van der Waals surface area contributed by atoms with Crippen molar-refractivity contribution in [2.24, 2.45) is 10.7 Å². The van der Waals surface area contributed by atoms with E-state index in [0.717, 1.165) is 48.6 Å². The third-order valence-electron chi connectivity index (χ3n) is 6.52. The van der Waals surface area contributed by atoms with Crippen LogP contribution in [-0.4, -0.2) is 63.7 Å². The Bertz CT molecular complexity index is 1370. The number of benzene rings is 1. The average molecular weight is 529 g/mol. The summed E-state index contributed by atoms with van der Waals surface area (Å²) in [5.41, 5.74) is 11.4. The minimum atomic E-state index is 0.0623. The summed E-state index contributed by atoms with van der Waals surface area (Å²) in [6, 6.07) is 15.7. The van der Waals surface area contributed by atoms with Crippen LogP contribution in [0.2, 0.25) is 0 Å². The van der Waals surface area contributed by atoms with Crippen LogP contribution in [0.1, 0.15) is 41.2 Å². The maximum atomic E-state index is 13.0. The van der Waals surface area contributed by atoms with Crippen molar-refractivity contribution in [2.45, 2.75) is 26.8 Å². The van der Waals surface area contributed by atoms with Crippen molar-refractivity contribution in [3.63, 3.8) is 0 Å². The summed E-state index contributed by atoms with van der Waals surface area (Å²) < 4.78 is 0. The van der Waals surface area contributed by atoms with E-state index in [9.17, 15) is 4.79 Å². The van der Waals surface area contributed by atoms with Gasteiger partial charge in [0, 0.05) is 72.0 Å². The molecular formula is C30H33ClN6O. The number of aryl methyl sites for hydroxylation is 1. The van der Waals surface area contributed by atoms with Gasteiger partial charge in [-0.3, -0.25) is 14.7 Å². The van der Waals surface area contributed by atoms with E-state index in [-0.39, 0.29) is 11.7 Å². The lowest BCUT2D eigenvalue weighted by molar-refractivity contribution is 0.0595. The fourth-order valence-corrected chi connectivity index (χ4v) is 4.47. The number of amidine groups is 1. The number of carbonyl (C=O) groups is 1. The zero-order chi connectivity index (χ0) is 27.2. The Morgan fingerprint density at radius 1 is 1.05 bits per heavy atom. The van der Waals surface area contributed by atoms with Crippen LogP contribution in [0.5, 0.6) is 0 Å². The average Bonchev–Trinajstić information content (AvgIpc) is 2.92. The Balaban J connectivity index is 1.55. The molecule has 1 amide bonds. The standard InChI is InChI=1S/C30H33ClN6O/c1-20(2)36-12-14-37(15-13-36)30(38)24-10-8-23(9-11-24)25-17-26(19-33-18-25)28(16-21(3)31)35-29(32)27-7-5-6-22(4)34-27/h5-11,16-20H,3,12-15H2,1-2,4H3,(H2,32,35)/b28-16-. The van der Waals surface area contributed by atoms with E-state index in [1.807, 2.05) is 54.3 Å². The first-order chi connectivity index (χ1) is 18.2. The van der Waals surface area contributed by atoms with Gasteiger partial charge in [-0.15, -0.1) is 0 Å². The second-order valence-electron chi connectivity index (χ2n) is 9.60. The number of aliphatic imine (C=N–C) groups is 1. The fourth-order valence-electron chi connectivity index (χ4n) is 4.37. The van der Waals surface area contributed by atoms with Crippen molar-refractivity contribution in [1.29, 1.82) is 0 Å². The highest BCUT2D eigenvalue weighted by molar-refractivity contribution is 6.31. The molecule has 1 fully saturated rings. The van der Waals surface area contributed by atoms with Gasteiger partial charge in [0.15, 0.2) is 0 Å². The van der Waals surface area contributed by atoms with E-state index < -0.39 is 0 Å². The first-order valence-electron chi connectivity index (χ1n) is 12.6. The third-order valence-corrected chi connectivity index (χ3v) is 6.63. The van der Waals surface area contributed by atoms with E-state index in [0.29, 0.717) is 28.0 Å². The van der Waals surface area contributed by atoms with Gasteiger partial charge in [-0.25, -0.2) is 9.98 Å². The molecule has 1 aliphatic heterocycles. The summed E-state index contributed by atoms with van der Waals surface area (Å²) in [4.78, 5) is 30.8. The Kier molecular flexibility index (Phi) is 8.71. The number of halogens is 1. The zero-order valence-electron chi connectivity index (χ0n) is 22.1. The molecule has 4 rings (SSSR count). The molecule has 0 bridgehead atoms. The van der Waals surface area contributed by atoms with Crippen LogP contribution >= 0.6 is 11.6 Å². The predicted molar refractivity (Wildman–Crippen MR) is 155 cm³/mol. The molecule has 7 nitrogen and oxygen atoms in total. The zero-order valence-corrected chi connectivity index (χ0v) is 22.8. The first-order valence-corrected chi connectivity index (χ1v) is 13.0. The van der Waals surface area contributed by atoms with E-state index in [2.05, 4.69) is 40.3 Å². The molecule has 3 aromatic rings. The van der Waals surface area contributed by atoms with E-state index in [4.69, 9.17) is 17.3 Å². The van der Waals surface area contributed by atoms with Gasteiger partial charge in [-0.2, -0.15) is 0 Å². The van der Waals surface area contributed by atoms with Gasteiger partial charge in [-0.05, 0) is 62.7 Å². The second kappa shape index (κ2) is 12.2. The second-order valence-corrected chi connectivity index (χ2v) is 10.1. The fraction of sp³-hybridized carbons (Fsp3) is 0.267. The van der Waals surface area contributed by atoms with Crippen LogP contribution in [0.4, 0.5) is 0 Å². The van der Waals surface area contributed by atoms with Crippen molar-refractivity contribution in [3.8, 4) is 11.1 Å². The Morgan fingerprint density at radius 2 is 1.76 bits per heavy atom. The van der Waals surface area contributed by atoms with E-state index >= 15 is 0 Å². The lowest BCUT2D eigenvalue weighted by Crippen LogP contribution is -2.50.